The number of pyridine rings is 1. The summed E-state index contributed by atoms with van der Waals surface area (Å²) in [7, 11) is 0. The summed E-state index contributed by atoms with van der Waals surface area (Å²) < 4.78 is 0. The number of amides is 1. The van der Waals surface area contributed by atoms with Crippen molar-refractivity contribution in [2.75, 3.05) is 0 Å². The second kappa shape index (κ2) is 4.74. The highest BCUT2D eigenvalue weighted by Gasteiger charge is 2.11. The first-order chi connectivity index (χ1) is 6.61. The Morgan fingerprint density at radius 2 is 2.14 bits per heavy atom. The van der Waals surface area contributed by atoms with Gasteiger partial charge >= 0.3 is 0 Å². The quantitative estimate of drug-likeness (QED) is 0.795. The molecule has 76 valence electrons. The van der Waals surface area contributed by atoms with E-state index in [1.165, 1.54) is 0 Å². The molecule has 0 bridgehead atoms. The molecular formula is C11H16N2O. The molecule has 0 radical (unpaired) electrons. The monoisotopic (exact) mass is 192 g/mol. The van der Waals surface area contributed by atoms with E-state index in [0.29, 0.717) is 0 Å². The van der Waals surface area contributed by atoms with E-state index in [4.69, 9.17) is 0 Å². The molecule has 1 atom stereocenters. The number of hydrogen-bond acceptors (Lipinski definition) is 2. The van der Waals surface area contributed by atoms with Crippen molar-refractivity contribution >= 4 is 5.91 Å². The molecule has 0 fully saturated rings. The Morgan fingerprint density at radius 1 is 1.43 bits per heavy atom. The van der Waals surface area contributed by atoms with Crippen molar-refractivity contribution in [1.29, 1.82) is 0 Å². The first-order valence-electron chi connectivity index (χ1n) is 4.81. The molecule has 1 rings (SSSR count). The van der Waals surface area contributed by atoms with Gasteiger partial charge in [0.05, 0.1) is 6.04 Å². The van der Waals surface area contributed by atoms with Crippen LogP contribution < -0.4 is 5.32 Å². The van der Waals surface area contributed by atoms with Crippen molar-refractivity contribution in [3.8, 4) is 0 Å². The summed E-state index contributed by atoms with van der Waals surface area (Å²) in [5.74, 6) is 0.0930. The summed E-state index contributed by atoms with van der Waals surface area (Å²) in [5, 5.41) is 2.92. The van der Waals surface area contributed by atoms with Crippen molar-refractivity contribution in [2.45, 2.75) is 26.8 Å². The Morgan fingerprint density at radius 3 is 2.64 bits per heavy atom. The van der Waals surface area contributed by atoms with Crippen molar-refractivity contribution in [2.24, 2.45) is 5.92 Å². The van der Waals surface area contributed by atoms with E-state index in [1.54, 1.807) is 12.4 Å². The van der Waals surface area contributed by atoms with Crippen LogP contribution in [0.5, 0.6) is 0 Å². The van der Waals surface area contributed by atoms with Crippen LogP contribution in [0.2, 0.25) is 0 Å². The zero-order chi connectivity index (χ0) is 10.6. The number of hydrogen-bond donors (Lipinski definition) is 1. The second-order valence-corrected chi connectivity index (χ2v) is 3.67. The second-order valence-electron chi connectivity index (χ2n) is 3.67. The molecule has 1 heterocycles. The first kappa shape index (κ1) is 10.7. The number of nitrogens with one attached hydrogen (secondary N) is 1. The van der Waals surface area contributed by atoms with Gasteiger partial charge in [-0.2, -0.15) is 0 Å². The Bertz CT molecular complexity index is 295. The van der Waals surface area contributed by atoms with Crippen LogP contribution in [0.4, 0.5) is 0 Å². The third kappa shape index (κ3) is 2.83. The van der Waals surface area contributed by atoms with Crippen LogP contribution in [0.1, 0.15) is 32.4 Å². The number of carbonyl (C=O) groups is 1. The fraction of sp³-hybridized carbons (Fsp3) is 0.455. The molecule has 1 unspecified atom stereocenters. The largest absolute Gasteiger partial charge is 0.349 e. The number of carbonyl (C=O) groups excluding carboxylic acids is 1. The van der Waals surface area contributed by atoms with E-state index >= 15 is 0 Å². The van der Waals surface area contributed by atoms with Gasteiger partial charge in [0, 0.05) is 18.3 Å². The molecule has 1 amide bonds. The maximum Gasteiger partial charge on any atom is 0.223 e. The molecule has 0 aliphatic rings. The Kier molecular flexibility index (Phi) is 3.63. The van der Waals surface area contributed by atoms with Gasteiger partial charge in [-0.05, 0) is 18.6 Å². The standard InChI is InChI=1S/C11H16N2O/c1-8(2)11(14)13-9(3)10-5-4-6-12-7-10/h4-9H,1-3H3,(H,13,14). The lowest BCUT2D eigenvalue weighted by Gasteiger charge is -2.15. The predicted molar refractivity (Wildman–Crippen MR) is 55.6 cm³/mol. The Hall–Kier alpha value is -1.38. The molecule has 1 N–H and O–H groups in total. The van der Waals surface area contributed by atoms with Gasteiger partial charge in [0.15, 0.2) is 0 Å². The average Bonchev–Trinajstić information content (AvgIpc) is 2.19. The molecule has 3 heteroatoms. The summed E-state index contributed by atoms with van der Waals surface area (Å²) in [6.45, 7) is 5.72. The van der Waals surface area contributed by atoms with Gasteiger partial charge in [-0.1, -0.05) is 19.9 Å². The van der Waals surface area contributed by atoms with Crippen LogP contribution in [-0.2, 0) is 4.79 Å². The zero-order valence-corrected chi connectivity index (χ0v) is 8.82. The molecule has 0 spiro atoms. The van der Waals surface area contributed by atoms with Gasteiger partial charge < -0.3 is 5.32 Å². The predicted octanol–water partition coefficient (Wildman–Crippen LogP) is 1.91. The summed E-state index contributed by atoms with van der Waals surface area (Å²) in [4.78, 5) is 15.4. The van der Waals surface area contributed by atoms with Gasteiger partial charge in [-0.15, -0.1) is 0 Å². The van der Waals surface area contributed by atoms with E-state index < -0.39 is 0 Å². The molecule has 0 aliphatic carbocycles. The highest BCUT2D eigenvalue weighted by atomic mass is 16.1. The molecule has 14 heavy (non-hydrogen) atoms. The van der Waals surface area contributed by atoms with Gasteiger partial charge in [0.1, 0.15) is 0 Å². The van der Waals surface area contributed by atoms with Crippen LogP contribution in [0.15, 0.2) is 24.5 Å². The van der Waals surface area contributed by atoms with Crippen LogP contribution in [0.25, 0.3) is 0 Å². The molecule has 3 nitrogen and oxygen atoms in total. The maximum absolute atomic E-state index is 11.4. The molecule has 1 aromatic rings. The van der Waals surface area contributed by atoms with Crippen molar-refractivity contribution < 1.29 is 4.79 Å². The minimum absolute atomic E-state index is 0.0223. The summed E-state index contributed by atoms with van der Waals surface area (Å²) in [6, 6.07) is 3.85. The average molecular weight is 192 g/mol. The van der Waals surface area contributed by atoms with E-state index in [-0.39, 0.29) is 17.9 Å². The molecule has 0 saturated carbocycles. The molecule has 0 aromatic carbocycles. The van der Waals surface area contributed by atoms with E-state index in [2.05, 4.69) is 10.3 Å². The molecule has 0 aliphatic heterocycles. The summed E-state index contributed by atoms with van der Waals surface area (Å²) in [6.07, 6.45) is 3.49. The summed E-state index contributed by atoms with van der Waals surface area (Å²) >= 11 is 0. The normalized spacial score (nSPS) is 12.6. The SMILES string of the molecule is CC(C)C(=O)NC(C)c1cccnc1. The zero-order valence-electron chi connectivity index (χ0n) is 8.82. The van der Waals surface area contributed by atoms with Crippen LogP contribution in [0, 0.1) is 5.92 Å². The fourth-order valence-electron chi connectivity index (χ4n) is 1.10. The molecule has 1 aromatic heterocycles. The lowest BCUT2D eigenvalue weighted by Crippen LogP contribution is -2.30. The van der Waals surface area contributed by atoms with Gasteiger partial charge in [-0.25, -0.2) is 0 Å². The third-order valence-corrected chi connectivity index (χ3v) is 2.07. The number of rotatable bonds is 3. The Balaban J connectivity index is 2.59. The first-order valence-corrected chi connectivity index (χ1v) is 4.81. The van der Waals surface area contributed by atoms with Crippen LogP contribution >= 0.6 is 0 Å². The van der Waals surface area contributed by atoms with E-state index in [9.17, 15) is 4.79 Å². The Labute approximate surface area is 84.6 Å². The lowest BCUT2D eigenvalue weighted by atomic mass is 10.1. The van der Waals surface area contributed by atoms with Crippen molar-refractivity contribution in [1.82, 2.24) is 10.3 Å². The lowest BCUT2D eigenvalue weighted by molar-refractivity contribution is -0.124. The van der Waals surface area contributed by atoms with Crippen LogP contribution in [-0.4, -0.2) is 10.9 Å². The van der Waals surface area contributed by atoms with E-state index in [0.717, 1.165) is 5.56 Å². The minimum atomic E-state index is 0.0223. The minimum Gasteiger partial charge on any atom is -0.349 e. The smallest absolute Gasteiger partial charge is 0.223 e. The molecular weight excluding hydrogens is 176 g/mol. The van der Waals surface area contributed by atoms with Gasteiger partial charge in [-0.3, -0.25) is 9.78 Å². The topological polar surface area (TPSA) is 42.0 Å². The fourth-order valence-corrected chi connectivity index (χ4v) is 1.10. The maximum atomic E-state index is 11.4. The number of aromatic nitrogens is 1. The van der Waals surface area contributed by atoms with Crippen LogP contribution in [0.3, 0.4) is 0 Å². The van der Waals surface area contributed by atoms with Gasteiger partial charge in [0.25, 0.3) is 0 Å². The van der Waals surface area contributed by atoms with E-state index in [1.807, 2.05) is 32.9 Å². The molecule has 0 saturated heterocycles. The summed E-state index contributed by atoms with van der Waals surface area (Å²) in [5.41, 5.74) is 1.03. The van der Waals surface area contributed by atoms with Crippen molar-refractivity contribution in [3.05, 3.63) is 30.1 Å². The highest BCUT2D eigenvalue weighted by Crippen LogP contribution is 2.10. The third-order valence-electron chi connectivity index (χ3n) is 2.07. The van der Waals surface area contributed by atoms with Gasteiger partial charge in [0.2, 0.25) is 5.91 Å². The number of nitrogens with zero attached hydrogens (tertiary/aromatic N) is 1. The highest BCUT2D eigenvalue weighted by molar-refractivity contribution is 5.78. The van der Waals surface area contributed by atoms with Crippen molar-refractivity contribution in [3.63, 3.8) is 0 Å².